The maximum atomic E-state index is 4.59. The van der Waals surface area contributed by atoms with Crippen molar-refractivity contribution in [3.8, 4) is 0 Å². The number of hydrogen-bond donors (Lipinski definition) is 0. The highest BCUT2D eigenvalue weighted by Gasteiger charge is 2.24. The van der Waals surface area contributed by atoms with E-state index in [0.717, 1.165) is 30.3 Å². The first-order valence-corrected chi connectivity index (χ1v) is 5.92. The summed E-state index contributed by atoms with van der Waals surface area (Å²) in [4.78, 5) is 11.3. The number of fused-ring (bicyclic) bond motifs is 1. The lowest BCUT2D eigenvalue weighted by Gasteiger charge is -2.18. The van der Waals surface area contributed by atoms with Crippen molar-refractivity contribution in [3.05, 3.63) is 47.4 Å². The zero-order valence-corrected chi connectivity index (χ0v) is 10.1. The van der Waals surface area contributed by atoms with Crippen molar-refractivity contribution < 1.29 is 0 Å². The summed E-state index contributed by atoms with van der Waals surface area (Å²) in [6.45, 7) is 5.02. The normalized spacial score (nSPS) is 13.9. The van der Waals surface area contributed by atoms with Crippen LogP contribution >= 0.6 is 0 Å². The van der Waals surface area contributed by atoms with E-state index < -0.39 is 0 Å². The molecule has 0 saturated heterocycles. The second kappa shape index (κ2) is 3.84. The maximum Gasteiger partial charge on any atom is 0.140 e. The minimum atomic E-state index is 0.851. The molecule has 0 radical (unpaired) electrons. The van der Waals surface area contributed by atoms with E-state index in [1.165, 1.54) is 11.3 Å². The van der Waals surface area contributed by atoms with Gasteiger partial charge >= 0.3 is 0 Å². The van der Waals surface area contributed by atoms with Crippen molar-refractivity contribution in [1.82, 2.24) is 9.97 Å². The zero-order valence-electron chi connectivity index (χ0n) is 10.1. The Bertz CT molecular complexity index is 549. The summed E-state index contributed by atoms with van der Waals surface area (Å²) in [5.74, 6) is 1.94. The van der Waals surface area contributed by atoms with Gasteiger partial charge in [0.25, 0.3) is 0 Å². The monoisotopic (exact) mass is 225 g/mol. The summed E-state index contributed by atoms with van der Waals surface area (Å²) in [7, 11) is 0. The number of nitrogens with zero attached hydrogens (tertiary/aromatic N) is 3. The minimum Gasteiger partial charge on any atom is -0.326 e. The molecule has 2 heterocycles. The third-order valence-corrected chi connectivity index (χ3v) is 3.21. The Morgan fingerprint density at radius 3 is 2.59 bits per heavy atom. The van der Waals surface area contributed by atoms with Crippen LogP contribution in [0.3, 0.4) is 0 Å². The van der Waals surface area contributed by atoms with Crippen LogP contribution in [0.4, 0.5) is 11.5 Å². The van der Waals surface area contributed by atoms with Gasteiger partial charge in [-0.2, -0.15) is 0 Å². The smallest absolute Gasteiger partial charge is 0.140 e. The van der Waals surface area contributed by atoms with Crippen LogP contribution in [0.25, 0.3) is 0 Å². The van der Waals surface area contributed by atoms with Gasteiger partial charge in [-0.3, -0.25) is 0 Å². The number of anilines is 2. The standard InChI is InChI=1S/C14H15N3/c1-10-13-8-9-17(12-6-4-3-5-7-12)14(13)16-11(2)15-10/h3-7H,8-9H2,1-2H3. The predicted molar refractivity (Wildman–Crippen MR) is 68.7 cm³/mol. The maximum absolute atomic E-state index is 4.59. The van der Waals surface area contributed by atoms with Gasteiger partial charge in [-0.25, -0.2) is 9.97 Å². The Kier molecular flexibility index (Phi) is 2.32. The van der Waals surface area contributed by atoms with Crippen LogP contribution in [0.2, 0.25) is 0 Å². The fourth-order valence-corrected chi connectivity index (χ4v) is 2.42. The molecular weight excluding hydrogens is 210 g/mol. The Hall–Kier alpha value is -1.90. The summed E-state index contributed by atoms with van der Waals surface area (Å²) in [6, 6.07) is 10.4. The quantitative estimate of drug-likeness (QED) is 0.747. The molecule has 1 aromatic heterocycles. The number of benzene rings is 1. The lowest BCUT2D eigenvalue weighted by Crippen LogP contribution is -2.14. The highest BCUT2D eigenvalue weighted by atomic mass is 15.2. The third-order valence-electron chi connectivity index (χ3n) is 3.21. The van der Waals surface area contributed by atoms with Crippen LogP contribution in [0, 0.1) is 13.8 Å². The lowest BCUT2D eigenvalue weighted by atomic mass is 10.2. The van der Waals surface area contributed by atoms with E-state index in [1.54, 1.807) is 0 Å². The Morgan fingerprint density at radius 1 is 1.06 bits per heavy atom. The molecule has 0 N–H and O–H groups in total. The third kappa shape index (κ3) is 1.68. The zero-order chi connectivity index (χ0) is 11.8. The van der Waals surface area contributed by atoms with Crippen LogP contribution in [-0.2, 0) is 6.42 Å². The molecule has 0 unspecified atom stereocenters. The van der Waals surface area contributed by atoms with Crippen LogP contribution in [0.5, 0.6) is 0 Å². The van der Waals surface area contributed by atoms with E-state index >= 15 is 0 Å². The number of hydrogen-bond acceptors (Lipinski definition) is 3. The second-order valence-corrected chi connectivity index (χ2v) is 4.40. The molecule has 0 spiro atoms. The SMILES string of the molecule is Cc1nc(C)c2c(n1)N(c1ccccc1)CC2. The number of aryl methyl sites for hydroxylation is 2. The first kappa shape index (κ1) is 10.3. The van der Waals surface area contributed by atoms with Crippen LogP contribution in [-0.4, -0.2) is 16.5 Å². The largest absolute Gasteiger partial charge is 0.326 e. The Balaban J connectivity index is 2.10. The van der Waals surface area contributed by atoms with E-state index in [1.807, 2.05) is 13.0 Å². The van der Waals surface area contributed by atoms with Gasteiger partial charge in [-0.05, 0) is 32.4 Å². The van der Waals surface area contributed by atoms with Crippen molar-refractivity contribution in [3.63, 3.8) is 0 Å². The molecule has 1 aliphatic heterocycles. The molecule has 3 heteroatoms. The van der Waals surface area contributed by atoms with Gasteiger partial charge in [-0.1, -0.05) is 18.2 Å². The first-order chi connectivity index (χ1) is 8.25. The van der Waals surface area contributed by atoms with Crippen LogP contribution in [0.15, 0.2) is 30.3 Å². The Morgan fingerprint density at radius 2 is 1.82 bits per heavy atom. The molecule has 0 aliphatic carbocycles. The molecule has 2 aromatic rings. The molecule has 3 nitrogen and oxygen atoms in total. The summed E-state index contributed by atoms with van der Waals surface area (Å²) >= 11 is 0. The molecule has 3 rings (SSSR count). The molecule has 17 heavy (non-hydrogen) atoms. The van der Waals surface area contributed by atoms with Crippen LogP contribution < -0.4 is 4.90 Å². The fraction of sp³-hybridized carbons (Fsp3) is 0.286. The molecule has 0 bridgehead atoms. The molecule has 1 aromatic carbocycles. The van der Waals surface area contributed by atoms with Gasteiger partial charge in [0.15, 0.2) is 0 Å². The lowest BCUT2D eigenvalue weighted by molar-refractivity contribution is 0.986. The highest BCUT2D eigenvalue weighted by molar-refractivity contribution is 5.66. The van der Waals surface area contributed by atoms with Gasteiger partial charge in [0.2, 0.25) is 0 Å². The van der Waals surface area contributed by atoms with E-state index in [-0.39, 0.29) is 0 Å². The van der Waals surface area contributed by atoms with Gasteiger partial charge in [0, 0.05) is 23.5 Å². The molecule has 0 saturated carbocycles. The van der Waals surface area contributed by atoms with Gasteiger partial charge < -0.3 is 4.90 Å². The molecule has 86 valence electrons. The molecule has 1 aliphatic rings. The van der Waals surface area contributed by atoms with E-state index in [4.69, 9.17) is 0 Å². The topological polar surface area (TPSA) is 29.0 Å². The summed E-state index contributed by atoms with van der Waals surface area (Å²) in [6.07, 6.45) is 1.04. The summed E-state index contributed by atoms with van der Waals surface area (Å²) in [5, 5.41) is 0. The number of aromatic nitrogens is 2. The number of rotatable bonds is 1. The summed E-state index contributed by atoms with van der Waals surface area (Å²) in [5.41, 5.74) is 3.62. The second-order valence-electron chi connectivity index (χ2n) is 4.40. The Labute approximate surface area is 101 Å². The van der Waals surface area contributed by atoms with Gasteiger partial charge in [0.1, 0.15) is 11.6 Å². The van der Waals surface area contributed by atoms with Crippen LogP contribution in [0.1, 0.15) is 17.1 Å². The number of para-hydroxylation sites is 1. The van der Waals surface area contributed by atoms with Crippen molar-refractivity contribution >= 4 is 11.5 Å². The first-order valence-electron chi connectivity index (χ1n) is 5.92. The van der Waals surface area contributed by atoms with Gasteiger partial charge in [-0.15, -0.1) is 0 Å². The minimum absolute atomic E-state index is 0.851. The molecular formula is C14H15N3. The van der Waals surface area contributed by atoms with Crippen molar-refractivity contribution in [2.45, 2.75) is 20.3 Å². The van der Waals surface area contributed by atoms with E-state index in [0.29, 0.717) is 0 Å². The molecule has 0 amide bonds. The van der Waals surface area contributed by atoms with Crippen molar-refractivity contribution in [1.29, 1.82) is 0 Å². The average molecular weight is 225 g/mol. The molecule has 0 atom stereocenters. The predicted octanol–water partition coefficient (Wildman–Crippen LogP) is 2.79. The van der Waals surface area contributed by atoms with E-state index in [9.17, 15) is 0 Å². The molecule has 0 fully saturated rings. The highest BCUT2D eigenvalue weighted by Crippen LogP contribution is 2.33. The summed E-state index contributed by atoms with van der Waals surface area (Å²) < 4.78 is 0. The van der Waals surface area contributed by atoms with Crippen molar-refractivity contribution in [2.75, 3.05) is 11.4 Å². The average Bonchev–Trinajstić information content (AvgIpc) is 2.74. The van der Waals surface area contributed by atoms with Gasteiger partial charge in [0.05, 0.1) is 0 Å². The van der Waals surface area contributed by atoms with E-state index in [2.05, 4.69) is 46.1 Å². The van der Waals surface area contributed by atoms with Crippen molar-refractivity contribution in [2.24, 2.45) is 0 Å². The fourth-order valence-electron chi connectivity index (χ4n) is 2.42.